The average Bonchev–Trinajstić information content (AvgIpc) is 2.72. The topological polar surface area (TPSA) is 26.0 Å². The molecule has 3 heteroatoms. The maximum absolute atomic E-state index is 6.09. The van der Waals surface area contributed by atoms with Crippen molar-refractivity contribution in [1.29, 1.82) is 0 Å². The van der Waals surface area contributed by atoms with E-state index >= 15 is 0 Å². The van der Waals surface area contributed by atoms with Gasteiger partial charge in [-0.05, 0) is 36.3 Å². The first kappa shape index (κ1) is 11.0. The standard InChI is InChI=1S/C10H15NS.ClH/c1-7-4-5-12-10(7)9(11)6-8-2-3-8;/h4-5,8-9H,2-3,6,11H2,1H3;1H/t9-;/m1./s1. The predicted octanol–water partition coefficient (Wildman–Crippen LogP) is 3.28. The molecule has 0 bridgehead atoms. The van der Waals surface area contributed by atoms with Crippen molar-refractivity contribution in [3.05, 3.63) is 21.9 Å². The summed E-state index contributed by atoms with van der Waals surface area (Å²) >= 11 is 1.80. The van der Waals surface area contributed by atoms with E-state index in [1.807, 2.05) is 0 Å². The van der Waals surface area contributed by atoms with Crippen LogP contribution in [0.3, 0.4) is 0 Å². The third-order valence-electron chi connectivity index (χ3n) is 2.52. The normalized spacial score (nSPS) is 18.0. The molecule has 13 heavy (non-hydrogen) atoms. The maximum atomic E-state index is 6.09. The molecule has 0 aromatic carbocycles. The highest BCUT2D eigenvalue weighted by Crippen LogP contribution is 2.38. The van der Waals surface area contributed by atoms with Gasteiger partial charge in [-0.2, -0.15) is 0 Å². The Bertz CT molecular complexity index is 268. The second kappa shape index (κ2) is 4.45. The fourth-order valence-corrected chi connectivity index (χ4v) is 2.53. The van der Waals surface area contributed by atoms with Gasteiger partial charge in [0.2, 0.25) is 0 Å². The van der Waals surface area contributed by atoms with Crippen LogP contribution in [0.5, 0.6) is 0 Å². The summed E-state index contributed by atoms with van der Waals surface area (Å²) in [5.41, 5.74) is 7.46. The third-order valence-corrected chi connectivity index (χ3v) is 3.67. The summed E-state index contributed by atoms with van der Waals surface area (Å²) in [4.78, 5) is 1.39. The van der Waals surface area contributed by atoms with Crippen LogP contribution in [0, 0.1) is 12.8 Å². The lowest BCUT2D eigenvalue weighted by molar-refractivity contribution is 0.603. The Morgan fingerprint density at radius 1 is 1.62 bits per heavy atom. The number of halogens is 1. The molecule has 1 aliphatic rings. The van der Waals surface area contributed by atoms with Gasteiger partial charge in [-0.15, -0.1) is 23.7 Å². The van der Waals surface area contributed by atoms with E-state index in [9.17, 15) is 0 Å². The van der Waals surface area contributed by atoms with Gasteiger partial charge in [0, 0.05) is 10.9 Å². The van der Waals surface area contributed by atoms with Crippen molar-refractivity contribution >= 4 is 23.7 Å². The summed E-state index contributed by atoms with van der Waals surface area (Å²) in [7, 11) is 0. The van der Waals surface area contributed by atoms with Crippen LogP contribution >= 0.6 is 23.7 Å². The lowest BCUT2D eigenvalue weighted by atomic mass is 10.1. The van der Waals surface area contributed by atoms with Gasteiger partial charge >= 0.3 is 0 Å². The SMILES string of the molecule is Cc1ccsc1[C@H](N)CC1CC1.Cl. The molecule has 1 fully saturated rings. The third kappa shape index (κ3) is 2.70. The Hall–Kier alpha value is -0.0500. The van der Waals surface area contributed by atoms with Crippen molar-refractivity contribution in [2.45, 2.75) is 32.2 Å². The quantitative estimate of drug-likeness (QED) is 0.827. The molecule has 1 nitrogen and oxygen atoms in total. The first-order valence-corrected chi connectivity index (χ1v) is 5.45. The average molecular weight is 218 g/mol. The van der Waals surface area contributed by atoms with E-state index < -0.39 is 0 Å². The number of thiophene rings is 1. The molecule has 0 radical (unpaired) electrons. The zero-order valence-corrected chi connectivity index (χ0v) is 9.46. The van der Waals surface area contributed by atoms with Crippen molar-refractivity contribution in [2.75, 3.05) is 0 Å². The van der Waals surface area contributed by atoms with Crippen LogP contribution in [0.15, 0.2) is 11.4 Å². The summed E-state index contributed by atoms with van der Waals surface area (Å²) in [6, 6.07) is 2.46. The highest BCUT2D eigenvalue weighted by atomic mass is 35.5. The van der Waals surface area contributed by atoms with Crippen LogP contribution in [0.2, 0.25) is 0 Å². The van der Waals surface area contributed by atoms with E-state index in [1.54, 1.807) is 11.3 Å². The number of hydrogen-bond acceptors (Lipinski definition) is 2. The molecule has 0 aliphatic heterocycles. The molecule has 2 N–H and O–H groups in total. The molecule has 0 spiro atoms. The van der Waals surface area contributed by atoms with Gasteiger partial charge in [-0.3, -0.25) is 0 Å². The molecule has 0 amide bonds. The summed E-state index contributed by atoms with van der Waals surface area (Å²) in [6.07, 6.45) is 4.00. The van der Waals surface area contributed by atoms with E-state index in [0.717, 1.165) is 5.92 Å². The summed E-state index contributed by atoms with van der Waals surface area (Å²) in [5.74, 6) is 0.932. The van der Waals surface area contributed by atoms with Gasteiger partial charge in [0.05, 0.1) is 0 Å². The minimum atomic E-state index is 0. The smallest absolute Gasteiger partial charge is 0.0395 e. The highest BCUT2D eigenvalue weighted by molar-refractivity contribution is 7.10. The van der Waals surface area contributed by atoms with Crippen LogP contribution in [-0.4, -0.2) is 0 Å². The van der Waals surface area contributed by atoms with Crippen LogP contribution in [-0.2, 0) is 0 Å². The lowest BCUT2D eigenvalue weighted by Crippen LogP contribution is -2.10. The zero-order valence-electron chi connectivity index (χ0n) is 7.82. The van der Waals surface area contributed by atoms with Crippen molar-refractivity contribution in [2.24, 2.45) is 11.7 Å². The van der Waals surface area contributed by atoms with Gasteiger partial charge in [0.1, 0.15) is 0 Å². The monoisotopic (exact) mass is 217 g/mol. The number of hydrogen-bond donors (Lipinski definition) is 1. The molecule has 1 heterocycles. The Balaban J connectivity index is 0.000000845. The summed E-state index contributed by atoms with van der Waals surface area (Å²) in [5, 5.41) is 2.14. The molecule has 0 unspecified atom stereocenters. The molecule has 2 rings (SSSR count). The fourth-order valence-electron chi connectivity index (χ4n) is 1.58. The maximum Gasteiger partial charge on any atom is 0.0395 e. The van der Waals surface area contributed by atoms with Gasteiger partial charge < -0.3 is 5.73 Å². The molecular weight excluding hydrogens is 202 g/mol. The molecule has 1 aromatic heterocycles. The van der Waals surface area contributed by atoms with Gasteiger partial charge in [-0.1, -0.05) is 12.8 Å². The number of nitrogens with two attached hydrogens (primary N) is 1. The van der Waals surface area contributed by atoms with Crippen molar-refractivity contribution < 1.29 is 0 Å². The summed E-state index contributed by atoms with van der Waals surface area (Å²) < 4.78 is 0. The first-order chi connectivity index (χ1) is 5.77. The summed E-state index contributed by atoms with van der Waals surface area (Å²) in [6.45, 7) is 2.15. The largest absolute Gasteiger partial charge is 0.323 e. The highest BCUT2D eigenvalue weighted by Gasteiger charge is 2.25. The Kier molecular flexibility index (Phi) is 3.77. The van der Waals surface area contributed by atoms with Crippen LogP contribution in [0.25, 0.3) is 0 Å². The van der Waals surface area contributed by atoms with Crippen molar-refractivity contribution in [3.63, 3.8) is 0 Å². The molecule has 1 atom stereocenters. The molecule has 1 aromatic rings. The molecular formula is C10H16ClNS. The minimum Gasteiger partial charge on any atom is -0.323 e. The first-order valence-electron chi connectivity index (χ1n) is 4.57. The molecule has 74 valence electrons. The van der Waals surface area contributed by atoms with E-state index in [1.165, 1.54) is 29.7 Å². The number of aryl methyl sites for hydroxylation is 1. The van der Waals surface area contributed by atoms with Crippen LogP contribution < -0.4 is 5.73 Å². The predicted molar refractivity (Wildman–Crippen MR) is 60.6 cm³/mol. The van der Waals surface area contributed by atoms with Crippen LogP contribution in [0.1, 0.15) is 35.7 Å². The second-order valence-corrected chi connectivity index (χ2v) is 4.70. The second-order valence-electron chi connectivity index (χ2n) is 3.75. The van der Waals surface area contributed by atoms with E-state index in [-0.39, 0.29) is 12.4 Å². The fraction of sp³-hybridized carbons (Fsp3) is 0.600. The Labute approximate surface area is 89.7 Å². The van der Waals surface area contributed by atoms with Crippen molar-refractivity contribution in [3.8, 4) is 0 Å². The number of rotatable bonds is 3. The lowest BCUT2D eigenvalue weighted by Gasteiger charge is -2.09. The van der Waals surface area contributed by atoms with Gasteiger partial charge in [0.15, 0.2) is 0 Å². The Morgan fingerprint density at radius 3 is 2.77 bits per heavy atom. The molecule has 1 aliphatic carbocycles. The Morgan fingerprint density at radius 2 is 2.31 bits per heavy atom. The molecule has 0 saturated heterocycles. The zero-order chi connectivity index (χ0) is 8.55. The van der Waals surface area contributed by atoms with E-state index in [2.05, 4.69) is 18.4 Å². The van der Waals surface area contributed by atoms with Crippen LogP contribution in [0.4, 0.5) is 0 Å². The van der Waals surface area contributed by atoms with E-state index in [4.69, 9.17) is 5.73 Å². The van der Waals surface area contributed by atoms with Gasteiger partial charge in [-0.25, -0.2) is 0 Å². The van der Waals surface area contributed by atoms with Crippen molar-refractivity contribution in [1.82, 2.24) is 0 Å². The van der Waals surface area contributed by atoms with Gasteiger partial charge in [0.25, 0.3) is 0 Å². The van der Waals surface area contributed by atoms with E-state index in [0.29, 0.717) is 6.04 Å². The minimum absolute atomic E-state index is 0. The molecule has 1 saturated carbocycles.